The molecule has 0 saturated carbocycles. The van der Waals surface area contributed by atoms with Crippen molar-refractivity contribution in [3.05, 3.63) is 0 Å². The first-order chi connectivity index (χ1) is 18.2. The van der Waals surface area contributed by atoms with E-state index in [0.717, 1.165) is 51.4 Å². The van der Waals surface area contributed by atoms with Gasteiger partial charge in [0.2, 0.25) is 17.7 Å². The fraction of sp³-hybridized carbons (Fsp3) is 0.808. The van der Waals surface area contributed by atoms with Crippen LogP contribution in [0, 0.1) is 0 Å². The minimum absolute atomic E-state index is 0.235. The van der Waals surface area contributed by atoms with Crippen LogP contribution in [0.5, 0.6) is 0 Å². The highest BCUT2D eigenvalue weighted by atomic mass is 16.4. The molecule has 0 saturated heterocycles. The maximum atomic E-state index is 12.2. The van der Waals surface area contributed by atoms with Crippen LogP contribution in [0.3, 0.4) is 0 Å². The third-order valence-electron chi connectivity index (χ3n) is 6.40. The maximum absolute atomic E-state index is 12.2. The van der Waals surface area contributed by atoms with Crippen LogP contribution in [-0.2, 0) is 24.0 Å². The number of carbonyl (C=O) groups is 5. The molecule has 38 heavy (non-hydrogen) atoms. The Labute approximate surface area is 226 Å². The Bertz CT molecular complexity index is 705. The van der Waals surface area contributed by atoms with E-state index in [1.807, 2.05) is 0 Å². The van der Waals surface area contributed by atoms with Crippen LogP contribution in [0.2, 0.25) is 0 Å². The number of primary amides is 1. The predicted molar refractivity (Wildman–Crippen MR) is 142 cm³/mol. The molecule has 0 aromatic heterocycles. The first kappa shape index (κ1) is 35.3. The van der Waals surface area contributed by atoms with Crippen LogP contribution >= 0.6 is 0 Å². The van der Waals surface area contributed by atoms with Crippen LogP contribution in [0.1, 0.15) is 116 Å². The number of quaternary nitrogens is 1. The number of carbonyl (C=O) groups excluding carboxylic acids is 3. The lowest BCUT2D eigenvalue weighted by atomic mass is 10.0. The van der Waals surface area contributed by atoms with Crippen molar-refractivity contribution in [2.45, 2.75) is 128 Å². The van der Waals surface area contributed by atoms with E-state index in [1.165, 1.54) is 19.3 Å². The van der Waals surface area contributed by atoms with Crippen molar-refractivity contribution in [2.24, 2.45) is 5.73 Å². The molecule has 0 heterocycles. The lowest BCUT2D eigenvalue weighted by molar-refractivity contribution is -0.449. The Morgan fingerprint density at radius 1 is 0.658 bits per heavy atom. The molecule has 2 unspecified atom stereocenters. The summed E-state index contributed by atoms with van der Waals surface area (Å²) in [7, 11) is 0. The molecule has 12 nitrogen and oxygen atoms in total. The smallest absolute Gasteiger partial charge is 0.326 e. The molecule has 0 aliphatic heterocycles. The zero-order valence-electron chi connectivity index (χ0n) is 22.8. The number of aliphatic carboxylic acids is 2. The second-order valence-electron chi connectivity index (χ2n) is 9.80. The van der Waals surface area contributed by atoms with Gasteiger partial charge in [0, 0.05) is 19.4 Å². The summed E-state index contributed by atoms with van der Waals surface area (Å²) in [6.07, 6.45) is 14.4. The topological polar surface area (TPSA) is 216 Å². The van der Waals surface area contributed by atoms with Gasteiger partial charge >= 0.3 is 11.9 Å². The fourth-order valence-corrected chi connectivity index (χ4v) is 4.09. The quantitative estimate of drug-likeness (QED) is 0.0622. The zero-order chi connectivity index (χ0) is 28.6. The molecule has 12 heteroatoms. The largest absolute Gasteiger partial charge is 0.481 e. The number of hydrogen-bond donors (Lipinski definition) is 7. The van der Waals surface area contributed by atoms with Gasteiger partial charge in [0.15, 0.2) is 6.04 Å². The lowest BCUT2D eigenvalue weighted by Gasteiger charge is -2.15. The van der Waals surface area contributed by atoms with Crippen molar-refractivity contribution < 1.29 is 40.0 Å². The SMILES string of the molecule is NC(=O)C(CC(=O)NCCCCC(N[NH3+])C(=O)O)NC(=O)CCCCCCCCCCCCCCC(=O)O. The van der Waals surface area contributed by atoms with Crippen molar-refractivity contribution in [2.75, 3.05) is 6.54 Å². The van der Waals surface area contributed by atoms with Crippen LogP contribution < -0.4 is 27.6 Å². The van der Waals surface area contributed by atoms with Gasteiger partial charge in [0.25, 0.3) is 0 Å². The number of nitrogens with two attached hydrogens (primary N) is 1. The standard InChI is InChI=1S/C26H49N5O7/c27-25(36)21(19-23(33)29-18-14-13-15-20(31-28)26(37)38)30-22(32)16-11-9-7-5-3-1-2-4-6-8-10-12-17-24(34)35/h20-21,31H,1-19,28H2,(H2,27,36)(H,29,33)(H,30,32)(H,34,35)(H,37,38)/p+1. The van der Waals surface area contributed by atoms with Gasteiger partial charge in [-0.3, -0.25) is 29.8 Å². The molecule has 0 rings (SSSR count). The third-order valence-corrected chi connectivity index (χ3v) is 6.40. The first-order valence-electron chi connectivity index (χ1n) is 14.0. The fourth-order valence-electron chi connectivity index (χ4n) is 4.09. The molecule has 0 bridgehead atoms. The highest BCUT2D eigenvalue weighted by molar-refractivity contribution is 5.91. The average molecular weight is 545 g/mol. The van der Waals surface area contributed by atoms with Gasteiger partial charge in [-0.2, -0.15) is 5.43 Å². The highest BCUT2D eigenvalue weighted by Gasteiger charge is 2.21. The minimum atomic E-state index is -1.06. The van der Waals surface area contributed by atoms with Crippen LogP contribution in [0.4, 0.5) is 0 Å². The number of amides is 3. The summed E-state index contributed by atoms with van der Waals surface area (Å²) in [5.74, 6) is 0.206. The van der Waals surface area contributed by atoms with E-state index in [2.05, 4.69) is 21.9 Å². The van der Waals surface area contributed by atoms with Crippen molar-refractivity contribution in [1.82, 2.24) is 16.1 Å². The molecule has 0 radical (unpaired) electrons. The lowest BCUT2D eigenvalue weighted by Crippen LogP contribution is -2.70. The number of carboxylic acid groups (broad SMARTS) is 2. The van der Waals surface area contributed by atoms with E-state index in [4.69, 9.17) is 15.9 Å². The Hall–Kier alpha value is -2.73. The summed E-state index contributed by atoms with van der Waals surface area (Å²) in [4.78, 5) is 57.3. The summed E-state index contributed by atoms with van der Waals surface area (Å²) in [6.45, 7) is 0.330. The first-order valence-corrected chi connectivity index (χ1v) is 14.0. The highest BCUT2D eigenvalue weighted by Crippen LogP contribution is 2.13. The van der Waals surface area contributed by atoms with Gasteiger partial charge in [0.05, 0.1) is 6.42 Å². The number of carboxylic acids is 2. The van der Waals surface area contributed by atoms with Gasteiger partial charge in [-0.15, -0.1) is 0 Å². The molecule has 0 spiro atoms. The third kappa shape index (κ3) is 21.4. The van der Waals surface area contributed by atoms with Crippen molar-refractivity contribution in [3.63, 3.8) is 0 Å². The Morgan fingerprint density at radius 3 is 1.61 bits per heavy atom. The normalized spacial score (nSPS) is 12.4. The molecule has 0 aromatic carbocycles. The van der Waals surface area contributed by atoms with E-state index in [-0.39, 0.29) is 25.2 Å². The summed E-state index contributed by atoms with van der Waals surface area (Å²) >= 11 is 0. The van der Waals surface area contributed by atoms with E-state index in [1.54, 1.807) is 0 Å². The van der Waals surface area contributed by atoms with Gasteiger partial charge in [0.1, 0.15) is 6.04 Å². The Kier molecular flexibility index (Phi) is 21.7. The number of rotatable bonds is 26. The molecule has 0 aliphatic carbocycles. The summed E-state index contributed by atoms with van der Waals surface area (Å²) in [6, 6.07) is -1.79. The zero-order valence-corrected chi connectivity index (χ0v) is 22.8. The second kappa shape index (κ2) is 23.4. The van der Waals surface area contributed by atoms with Crippen LogP contribution in [0.15, 0.2) is 0 Å². The Balaban J connectivity index is 3.80. The molecule has 2 atom stereocenters. The van der Waals surface area contributed by atoms with Gasteiger partial charge in [-0.25, -0.2) is 0 Å². The van der Waals surface area contributed by atoms with Crippen LogP contribution in [-0.4, -0.2) is 58.5 Å². The molecule has 0 fully saturated rings. The number of nitrogens with one attached hydrogen (secondary N) is 3. The van der Waals surface area contributed by atoms with Gasteiger partial charge in [-0.05, 0) is 32.1 Å². The minimum Gasteiger partial charge on any atom is -0.481 e. The van der Waals surface area contributed by atoms with Crippen molar-refractivity contribution >= 4 is 29.7 Å². The van der Waals surface area contributed by atoms with E-state index < -0.39 is 35.8 Å². The molecule has 0 aromatic rings. The molecule has 10 N–H and O–H groups in total. The number of hydrogen-bond acceptors (Lipinski definition) is 6. The predicted octanol–water partition coefficient (Wildman–Crippen LogP) is 1.38. The van der Waals surface area contributed by atoms with Crippen molar-refractivity contribution in [3.8, 4) is 0 Å². The summed E-state index contributed by atoms with van der Waals surface area (Å²) in [5.41, 5.74) is 7.81. The molecule has 220 valence electrons. The molecular formula is C26H50N5O7+. The van der Waals surface area contributed by atoms with E-state index >= 15 is 0 Å². The second-order valence-corrected chi connectivity index (χ2v) is 9.80. The summed E-state index contributed by atoms with van der Waals surface area (Å²) in [5, 5.41) is 22.8. The van der Waals surface area contributed by atoms with Gasteiger partial charge < -0.3 is 26.6 Å². The Morgan fingerprint density at radius 2 is 1.16 bits per heavy atom. The molecule has 0 aliphatic rings. The average Bonchev–Trinajstić information content (AvgIpc) is 2.85. The summed E-state index contributed by atoms with van der Waals surface area (Å²) < 4.78 is 0. The molecule has 3 amide bonds. The maximum Gasteiger partial charge on any atom is 0.326 e. The van der Waals surface area contributed by atoms with E-state index in [9.17, 15) is 24.0 Å². The molecular weight excluding hydrogens is 494 g/mol. The number of unbranched alkanes of at least 4 members (excludes halogenated alkanes) is 12. The monoisotopic (exact) mass is 544 g/mol. The van der Waals surface area contributed by atoms with Crippen LogP contribution in [0.25, 0.3) is 0 Å². The van der Waals surface area contributed by atoms with Gasteiger partial charge in [-0.1, -0.05) is 64.2 Å². The van der Waals surface area contributed by atoms with E-state index in [0.29, 0.717) is 32.2 Å². The van der Waals surface area contributed by atoms with Crippen molar-refractivity contribution in [1.29, 1.82) is 0 Å².